The minimum absolute atomic E-state index is 0.254. The minimum Gasteiger partial charge on any atom is -0.367 e. The van der Waals surface area contributed by atoms with Crippen LogP contribution in [0.4, 0.5) is 19.0 Å². The zero-order valence-corrected chi connectivity index (χ0v) is 17.9. The molecule has 0 spiro atoms. The first-order valence-electron chi connectivity index (χ1n) is 9.14. The number of hydrogen-bond donors (Lipinski definition) is 1. The van der Waals surface area contributed by atoms with E-state index in [0.717, 1.165) is 11.3 Å². The van der Waals surface area contributed by atoms with Gasteiger partial charge in [-0.05, 0) is 42.3 Å². The Bertz CT molecular complexity index is 1080. The maximum absolute atomic E-state index is 12.6. The molecule has 0 saturated heterocycles. The molecule has 5 nitrogen and oxygen atoms in total. The molecule has 3 rings (SSSR count). The molecule has 2 aromatic carbocycles. The number of alkyl halides is 3. The molecule has 3 aromatic rings. The van der Waals surface area contributed by atoms with Gasteiger partial charge in [0, 0.05) is 27.4 Å². The molecule has 0 radical (unpaired) electrons. The van der Waals surface area contributed by atoms with Gasteiger partial charge in [0.1, 0.15) is 6.61 Å². The molecule has 0 aliphatic rings. The first kappa shape index (κ1) is 23.1. The van der Waals surface area contributed by atoms with Crippen LogP contribution in [0.5, 0.6) is 0 Å². The largest absolute Gasteiger partial charge is 0.411 e. The van der Waals surface area contributed by atoms with Crippen molar-refractivity contribution in [1.82, 2.24) is 9.78 Å². The minimum atomic E-state index is -4.40. The van der Waals surface area contributed by atoms with E-state index in [-0.39, 0.29) is 12.2 Å². The fraction of sp³-hybridized carbons (Fsp3) is 0.238. The van der Waals surface area contributed by atoms with Crippen LogP contribution in [-0.2, 0) is 17.9 Å². The van der Waals surface area contributed by atoms with Gasteiger partial charge in [-0.1, -0.05) is 41.4 Å². The lowest BCUT2D eigenvalue weighted by Crippen LogP contribution is -2.17. The summed E-state index contributed by atoms with van der Waals surface area (Å²) in [5.41, 5.74) is 2.36. The Hall–Kier alpha value is -2.55. The topological polar surface area (TPSA) is 56.1 Å². The summed E-state index contributed by atoms with van der Waals surface area (Å²) in [7, 11) is 0. The van der Waals surface area contributed by atoms with Crippen molar-refractivity contribution in [3.63, 3.8) is 0 Å². The van der Waals surface area contributed by atoms with Crippen molar-refractivity contribution < 1.29 is 22.7 Å². The second-order valence-electron chi connectivity index (χ2n) is 6.83. The molecule has 1 amide bonds. The van der Waals surface area contributed by atoms with E-state index >= 15 is 0 Å². The van der Waals surface area contributed by atoms with Gasteiger partial charge in [0.05, 0.1) is 13.2 Å². The maximum Gasteiger partial charge on any atom is 0.411 e. The summed E-state index contributed by atoms with van der Waals surface area (Å²) >= 11 is 12.1. The Morgan fingerprint density at radius 1 is 1.16 bits per heavy atom. The number of carbonyl (C=O) groups is 1. The highest BCUT2D eigenvalue weighted by Crippen LogP contribution is 2.23. The molecule has 10 heteroatoms. The van der Waals surface area contributed by atoms with Crippen LogP contribution in [0.25, 0.3) is 0 Å². The molecule has 0 atom stereocenters. The molecule has 0 unspecified atom stereocenters. The summed E-state index contributed by atoms with van der Waals surface area (Å²) < 4.78 is 43.0. The van der Waals surface area contributed by atoms with Gasteiger partial charge >= 0.3 is 6.18 Å². The normalized spacial score (nSPS) is 11.5. The Labute approximate surface area is 186 Å². The maximum atomic E-state index is 12.6. The van der Waals surface area contributed by atoms with Crippen LogP contribution in [0.15, 0.2) is 48.5 Å². The van der Waals surface area contributed by atoms with Crippen LogP contribution in [-0.4, -0.2) is 28.5 Å². The van der Waals surface area contributed by atoms with Crippen molar-refractivity contribution >= 4 is 34.9 Å². The number of ether oxygens (including phenoxy) is 1. The van der Waals surface area contributed by atoms with Gasteiger partial charge in [0.15, 0.2) is 5.82 Å². The zero-order chi connectivity index (χ0) is 22.6. The smallest absolute Gasteiger partial charge is 0.367 e. The summed E-state index contributed by atoms with van der Waals surface area (Å²) in [5, 5.41) is 8.11. The van der Waals surface area contributed by atoms with Crippen LogP contribution < -0.4 is 5.32 Å². The van der Waals surface area contributed by atoms with Crippen LogP contribution in [0, 0.1) is 6.92 Å². The van der Waals surface area contributed by atoms with Gasteiger partial charge in [0.2, 0.25) is 0 Å². The number of nitrogens with one attached hydrogen (secondary N) is 1. The third-order valence-electron chi connectivity index (χ3n) is 4.28. The highest BCUT2D eigenvalue weighted by Gasteiger charge is 2.27. The number of nitrogens with zero attached hydrogens (tertiary/aromatic N) is 2. The van der Waals surface area contributed by atoms with Gasteiger partial charge in [-0.3, -0.25) is 9.48 Å². The van der Waals surface area contributed by atoms with Crippen LogP contribution >= 0.6 is 23.2 Å². The lowest BCUT2D eigenvalue weighted by Gasteiger charge is -2.09. The second-order valence-corrected chi connectivity index (χ2v) is 7.67. The van der Waals surface area contributed by atoms with E-state index in [9.17, 15) is 18.0 Å². The summed E-state index contributed by atoms with van der Waals surface area (Å²) in [6.45, 7) is 0.628. The number of rotatable bonds is 7. The number of aryl methyl sites for hydroxylation is 1. The van der Waals surface area contributed by atoms with E-state index in [2.05, 4.69) is 15.2 Å². The van der Waals surface area contributed by atoms with Gasteiger partial charge in [-0.2, -0.15) is 18.3 Å². The molecule has 1 heterocycles. The SMILES string of the molecule is Cc1cc(NC(=O)c2cccc(COCC(F)(F)F)c2)nn1Cc1ccc(Cl)cc1Cl. The Morgan fingerprint density at radius 2 is 1.94 bits per heavy atom. The van der Waals surface area contributed by atoms with Gasteiger partial charge < -0.3 is 10.1 Å². The zero-order valence-electron chi connectivity index (χ0n) is 16.3. The number of amides is 1. The second kappa shape index (κ2) is 9.72. The molecule has 0 bridgehead atoms. The number of hydrogen-bond acceptors (Lipinski definition) is 3. The lowest BCUT2D eigenvalue weighted by molar-refractivity contribution is -0.176. The van der Waals surface area contributed by atoms with E-state index in [1.807, 2.05) is 6.92 Å². The number of aromatic nitrogens is 2. The van der Waals surface area contributed by atoms with Crippen molar-refractivity contribution in [3.8, 4) is 0 Å². The van der Waals surface area contributed by atoms with Crippen molar-refractivity contribution in [2.24, 2.45) is 0 Å². The monoisotopic (exact) mass is 471 g/mol. The molecule has 0 saturated carbocycles. The summed E-state index contributed by atoms with van der Waals surface area (Å²) in [6, 6.07) is 13.1. The number of anilines is 1. The summed E-state index contributed by atoms with van der Waals surface area (Å²) in [4.78, 5) is 12.6. The van der Waals surface area contributed by atoms with Gasteiger partial charge in [-0.15, -0.1) is 0 Å². The highest BCUT2D eigenvalue weighted by molar-refractivity contribution is 6.35. The van der Waals surface area contributed by atoms with E-state index < -0.39 is 18.7 Å². The van der Waals surface area contributed by atoms with E-state index in [1.165, 1.54) is 6.07 Å². The predicted molar refractivity (Wildman–Crippen MR) is 113 cm³/mol. The Kier molecular flexibility index (Phi) is 7.25. The molecule has 0 aliphatic carbocycles. The van der Waals surface area contributed by atoms with Crippen LogP contribution in [0.1, 0.15) is 27.2 Å². The highest BCUT2D eigenvalue weighted by atomic mass is 35.5. The third kappa shape index (κ3) is 6.72. The van der Waals surface area contributed by atoms with Gasteiger partial charge in [0.25, 0.3) is 5.91 Å². The molecular weight excluding hydrogens is 454 g/mol. The molecule has 1 N–H and O–H groups in total. The van der Waals surface area contributed by atoms with Crippen molar-refractivity contribution in [1.29, 1.82) is 0 Å². The molecular formula is C21H18Cl2F3N3O2. The third-order valence-corrected chi connectivity index (χ3v) is 4.87. The molecule has 164 valence electrons. The fourth-order valence-electron chi connectivity index (χ4n) is 2.82. The van der Waals surface area contributed by atoms with Crippen molar-refractivity contribution in [2.75, 3.05) is 11.9 Å². The predicted octanol–water partition coefficient (Wildman–Crippen LogP) is 5.88. The first-order valence-corrected chi connectivity index (χ1v) is 9.89. The first-order chi connectivity index (χ1) is 14.6. The molecule has 31 heavy (non-hydrogen) atoms. The quantitative estimate of drug-likeness (QED) is 0.468. The summed E-state index contributed by atoms with van der Waals surface area (Å²) in [5.74, 6) is -0.0989. The number of benzene rings is 2. The van der Waals surface area contributed by atoms with E-state index in [4.69, 9.17) is 23.2 Å². The van der Waals surface area contributed by atoms with Crippen LogP contribution in [0.3, 0.4) is 0 Å². The van der Waals surface area contributed by atoms with E-state index in [1.54, 1.807) is 47.1 Å². The average molecular weight is 472 g/mol. The van der Waals surface area contributed by atoms with E-state index in [0.29, 0.717) is 28.0 Å². The fourth-order valence-corrected chi connectivity index (χ4v) is 3.29. The standard InChI is InChI=1S/C21H18Cl2F3N3O2/c1-13-7-19(28-29(13)10-16-5-6-17(22)9-18(16)23)27-20(30)15-4-2-3-14(8-15)11-31-12-21(24,25)26/h2-9H,10-12H2,1H3,(H,27,28,30). The van der Waals surface area contributed by atoms with Crippen molar-refractivity contribution in [2.45, 2.75) is 26.3 Å². The average Bonchev–Trinajstić information content (AvgIpc) is 3.02. The Morgan fingerprint density at radius 3 is 2.65 bits per heavy atom. The molecule has 0 aliphatic heterocycles. The molecule has 0 fully saturated rings. The number of halogens is 5. The van der Waals surface area contributed by atoms with Gasteiger partial charge in [-0.25, -0.2) is 0 Å². The summed E-state index contributed by atoms with van der Waals surface area (Å²) in [6.07, 6.45) is -4.40. The van der Waals surface area contributed by atoms with Crippen LogP contribution in [0.2, 0.25) is 10.0 Å². The Balaban J connectivity index is 1.66. The number of carbonyl (C=O) groups excluding carboxylic acids is 1. The molecule has 1 aromatic heterocycles. The lowest BCUT2D eigenvalue weighted by atomic mass is 10.1. The van der Waals surface area contributed by atoms with Crippen molar-refractivity contribution in [3.05, 3.63) is 81.0 Å².